The minimum Gasteiger partial charge on any atom is -0.310 e. The van der Waals surface area contributed by atoms with Crippen LogP contribution >= 0.6 is 0 Å². The minimum atomic E-state index is -0.113. The molecule has 0 amide bonds. The zero-order valence-corrected chi connectivity index (χ0v) is 19.9. The zero-order chi connectivity index (χ0) is 23.3. The summed E-state index contributed by atoms with van der Waals surface area (Å²) in [5.74, 6) is 0. The van der Waals surface area contributed by atoms with Gasteiger partial charge in [-0.15, -0.1) is 0 Å². The first-order chi connectivity index (χ1) is 17.2. The van der Waals surface area contributed by atoms with Crippen LogP contribution in [-0.2, 0) is 5.41 Å². The summed E-state index contributed by atoms with van der Waals surface area (Å²) in [4.78, 5) is 0. The normalized spacial score (nSPS) is 14.7. The topological polar surface area (TPSA) is 4.93 Å². The fraction of sp³-hybridized carbons (Fsp3) is 0.0909. The van der Waals surface area contributed by atoms with Gasteiger partial charge in [-0.25, -0.2) is 0 Å². The van der Waals surface area contributed by atoms with Crippen LogP contribution in [0.25, 0.3) is 38.6 Å². The summed E-state index contributed by atoms with van der Waals surface area (Å²) in [6, 6.07) is 40.6. The highest BCUT2D eigenvalue weighted by Crippen LogP contribution is 2.43. The zero-order valence-electron chi connectivity index (χ0n) is 19.9. The second-order valence-corrected chi connectivity index (χ2v) is 10.5. The molecule has 6 aromatic rings. The molecule has 1 nitrogen and oxygen atoms in total. The number of benzene rings is 5. The molecule has 0 aliphatic carbocycles. The van der Waals surface area contributed by atoms with Crippen LogP contribution in [0.5, 0.6) is 0 Å². The smallest absolute Gasteiger partial charge is 0.247 e. The van der Waals surface area contributed by atoms with Gasteiger partial charge in [-0.2, -0.15) is 0 Å². The molecule has 0 unspecified atom stereocenters. The third-order valence-corrected chi connectivity index (χ3v) is 8.44. The van der Waals surface area contributed by atoms with E-state index in [0.29, 0.717) is 0 Å². The van der Waals surface area contributed by atoms with Crippen molar-refractivity contribution in [1.29, 1.82) is 0 Å². The lowest BCUT2D eigenvalue weighted by atomic mass is 9.30. The van der Waals surface area contributed by atoms with Crippen molar-refractivity contribution >= 4 is 44.9 Å². The Morgan fingerprint density at radius 1 is 0.629 bits per heavy atom. The summed E-state index contributed by atoms with van der Waals surface area (Å²) in [6.07, 6.45) is 0. The fourth-order valence-electron chi connectivity index (χ4n) is 7.09. The number of fused-ring (bicyclic) bond motifs is 7. The van der Waals surface area contributed by atoms with Gasteiger partial charge >= 0.3 is 0 Å². The van der Waals surface area contributed by atoms with Crippen molar-refractivity contribution in [3.8, 4) is 16.8 Å². The maximum Gasteiger partial charge on any atom is 0.247 e. The Hall–Kier alpha value is -4.04. The van der Waals surface area contributed by atoms with Gasteiger partial charge in [0.15, 0.2) is 0 Å². The second kappa shape index (κ2) is 6.55. The van der Waals surface area contributed by atoms with Crippen LogP contribution in [0, 0.1) is 0 Å². The third-order valence-electron chi connectivity index (χ3n) is 8.44. The van der Waals surface area contributed by atoms with Gasteiger partial charge < -0.3 is 4.57 Å². The molecule has 35 heavy (non-hydrogen) atoms. The van der Waals surface area contributed by atoms with Crippen LogP contribution < -0.4 is 16.4 Å². The van der Waals surface area contributed by atoms with Gasteiger partial charge in [0.25, 0.3) is 0 Å². The van der Waals surface area contributed by atoms with Crippen LogP contribution in [0.1, 0.15) is 25.0 Å². The Kier molecular flexibility index (Phi) is 3.61. The highest BCUT2D eigenvalue weighted by molar-refractivity contribution is 6.99. The molecule has 2 heteroatoms. The summed E-state index contributed by atoms with van der Waals surface area (Å²) >= 11 is 0. The summed E-state index contributed by atoms with van der Waals surface area (Å²) in [7, 11) is 0. The fourth-order valence-corrected chi connectivity index (χ4v) is 7.09. The molecule has 0 saturated heterocycles. The maximum absolute atomic E-state index is 2.54. The third kappa shape index (κ3) is 2.30. The number of para-hydroxylation sites is 2. The number of hydrogen-bond acceptors (Lipinski definition) is 0. The van der Waals surface area contributed by atoms with E-state index in [0.717, 1.165) is 0 Å². The molecule has 0 spiro atoms. The average Bonchev–Trinajstić information content (AvgIpc) is 3.24. The molecule has 0 fully saturated rings. The van der Waals surface area contributed by atoms with Gasteiger partial charge in [0.05, 0.1) is 5.52 Å². The lowest BCUT2D eigenvalue weighted by Gasteiger charge is -2.43. The minimum absolute atomic E-state index is 0.113. The van der Waals surface area contributed by atoms with Crippen LogP contribution in [-0.4, -0.2) is 11.3 Å². The van der Waals surface area contributed by atoms with Crippen LogP contribution in [0.3, 0.4) is 0 Å². The van der Waals surface area contributed by atoms with Crippen molar-refractivity contribution in [2.24, 2.45) is 0 Å². The molecular formula is C33H24BN. The maximum atomic E-state index is 2.54. The molecule has 3 heterocycles. The molecule has 2 aliphatic rings. The highest BCUT2D eigenvalue weighted by Gasteiger charge is 2.45. The van der Waals surface area contributed by atoms with Gasteiger partial charge in [-0.3, -0.25) is 0 Å². The van der Waals surface area contributed by atoms with E-state index in [1.165, 1.54) is 66.1 Å². The predicted molar refractivity (Wildman–Crippen MR) is 149 cm³/mol. The summed E-state index contributed by atoms with van der Waals surface area (Å²) in [5.41, 5.74) is 13.7. The number of nitrogens with zero attached hydrogens (tertiary/aromatic N) is 1. The number of aromatic nitrogens is 1. The number of rotatable bonds is 1. The molecule has 8 rings (SSSR count). The van der Waals surface area contributed by atoms with Crippen molar-refractivity contribution in [2.75, 3.05) is 0 Å². The van der Waals surface area contributed by atoms with Crippen molar-refractivity contribution in [3.63, 3.8) is 0 Å². The molecule has 0 atom stereocenters. The molecule has 5 aromatic carbocycles. The first-order valence-electron chi connectivity index (χ1n) is 12.5. The molecular weight excluding hydrogens is 421 g/mol. The molecule has 0 bridgehead atoms. The van der Waals surface area contributed by atoms with E-state index >= 15 is 0 Å². The van der Waals surface area contributed by atoms with Gasteiger partial charge in [-0.1, -0.05) is 116 Å². The van der Waals surface area contributed by atoms with Gasteiger partial charge in [0.1, 0.15) is 0 Å². The van der Waals surface area contributed by atoms with E-state index in [2.05, 4.69) is 128 Å². The molecule has 164 valence electrons. The van der Waals surface area contributed by atoms with E-state index in [1.54, 1.807) is 0 Å². The monoisotopic (exact) mass is 445 g/mol. The summed E-state index contributed by atoms with van der Waals surface area (Å²) < 4.78 is 2.54. The van der Waals surface area contributed by atoms with Crippen molar-refractivity contribution in [2.45, 2.75) is 19.3 Å². The Labute approximate surface area is 205 Å². The summed E-state index contributed by atoms with van der Waals surface area (Å²) in [5, 5.41) is 2.68. The predicted octanol–water partition coefficient (Wildman–Crippen LogP) is 5.92. The number of hydrogen-bond donors (Lipinski definition) is 0. The SMILES string of the molecule is CC1(C)c2ccccc2B2c3c(ccc(-c4ccccc4)c31)-n1c3ccccc3c3cccc2c31. The Bertz CT molecular complexity index is 1820. The van der Waals surface area contributed by atoms with E-state index in [1.807, 2.05) is 0 Å². The Morgan fingerprint density at radius 3 is 2.23 bits per heavy atom. The highest BCUT2D eigenvalue weighted by atomic mass is 15.0. The van der Waals surface area contributed by atoms with Gasteiger partial charge in [0, 0.05) is 27.4 Å². The van der Waals surface area contributed by atoms with Crippen molar-refractivity contribution in [3.05, 3.63) is 120 Å². The van der Waals surface area contributed by atoms with Crippen LogP contribution in [0.4, 0.5) is 0 Å². The Balaban J connectivity index is 1.62. The molecule has 2 aliphatic heterocycles. The van der Waals surface area contributed by atoms with Crippen LogP contribution in [0.2, 0.25) is 0 Å². The van der Waals surface area contributed by atoms with E-state index in [-0.39, 0.29) is 12.1 Å². The van der Waals surface area contributed by atoms with Crippen molar-refractivity contribution < 1.29 is 0 Å². The molecule has 0 radical (unpaired) electrons. The lowest BCUT2D eigenvalue weighted by Crippen LogP contribution is -2.63. The van der Waals surface area contributed by atoms with Gasteiger partial charge in [-0.05, 0) is 45.3 Å². The van der Waals surface area contributed by atoms with E-state index in [9.17, 15) is 0 Å². The van der Waals surface area contributed by atoms with Crippen molar-refractivity contribution in [1.82, 2.24) is 4.57 Å². The van der Waals surface area contributed by atoms with E-state index < -0.39 is 0 Å². The molecule has 0 saturated carbocycles. The lowest BCUT2D eigenvalue weighted by molar-refractivity contribution is 0.647. The molecule has 1 aromatic heterocycles. The molecule has 0 N–H and O–H groups in total. The quantitative estimate of drug-likeness (QED) is 0.277. The van der Waals surface area contributed by atoms with Crippen LogP contribution in [0.15, 0.2) is 109 Å². The average molecular weight is 445 g/mol. The second-order valence-electron chi connectivity index (χ2n) is 10.5. The largest absolute Gasteiger partial charge is 0.310 e. The Morgan fingerprint density at radius 2 is 1.34 bits per heavy atom. The van der Waals surface area contributed by atoms with E-state index in [4.69, 9.17) is 0 Å². The first-order valence-corrected chi connectivity index (χ1v) is 12.5. The summed E-state index contributed by atoms with van der Waals surface area (Å²) in [6.45, 7) is 5.05. The first kappa shape index (κ1) is 19.3. The van der Waals surface area contributed by atoms with Gasteiger partial charge in [0.2, 0.25) is 6.71 Å². The standard InChI is InChI=1S/C33H24BN/c1-33(2)25-15-7-8-16-26(25)34-27-17-10-14-24-23-13-6-9-18-28(23)35(32(24)27)29-20-19-22(30(33)31(29)34)21-11-4-3-5-12-21/h3-20H,1-2H3.